The lowest BCUT2D eigenvalue weighted by atomic mass is 10.1. The van der Waals surface area contributed by atoms with Crippen molar-refractivity contribution < 1.29 is 27.0 Å². The van der Waals surface area contributed by atoms with Crippen LogP contribution >= 0.6 is 10.0 Å². The summed E-state index contributed by atoms with van der Waals surface area (Å²) in [5, 5.41) is 0. The average molecular weight is 423 g/mol. The first-order chi connectivity index (χ1) is 12.9. The van der Waals surface area contributed by atoms with E-state index in [1.807, 2.05) is 0 Å². The lowest BCUT2D eigenvalue weighted by molar-refractivity contribution is -0.146. The lowest BCUT2D eigenvalue weighted by Crippen LogP contribution is -2.23. The largest absolute Gasteiger partial charge is 0.496 e. The van der Waals surface area contributed by atoms with Crippen molar-refractivity contribution in [2.75, 3.05) is 38.2 Å². The van der Waals surface area contributed by atoms with Crippen molar-refractivity contribution in [1.82, 2.24) is 9.55 Å². The van der Waals surface area contributed by atoms with Crippen LogP contribution in [-0.4, -0.2) is 47.8 Å². The molecule has 0 spiro atoms. The third kappa shape index (κ3) is 5.62. The molecule has 0 aliphatic heterocycles. The average Bonchev–Trinajstić information content (AvgIpc) is 3.01. The standard InChI is InChI=1S/C18H25F4N3O2S/c1-26-14-6-5-12(19)9-13(14)16(23)17-24-10-15(18(20,21)22)25(17)11-27-7-8-28(2,3)4/h5-6,9-10,16H,7-8,11,23H2,1-4H3. The van der Waals surface area contributed by atoms with Crippen molar-refractivity contribution in [2.24, 2.45) is 5.73 Å². The van der Waals surface area contributed by atoms with E-state index in [2.05, 4.69) is 23.8 Å². The Balaban J connectivity index is 2.36. The Morgan fingerprint density at radius 3 is 2.50 bits per heavy atom. The van der Waals surface area contributed by atoms with Crippen LogP contribution in [0, 0.1) is 5.82 Å². The van der Waals surface area contributed by atoms with Gasteiger partial charge >= 0.3 is 6.18 Å². The molecule has 5 nitrogen and oxygen atoms in total. The quantitative estimate of drug-likeness (QED) is 0.519. The molecule has 0 saturated heterocycles. The first-order valence-corrected chi connectivity index (χ1v) is 11.4. The molecule has 0 amide bonds. The summed E-state index contributed by atoms with van der Waals surface area (Å²) in [6, 6.07) is 2.55. The third-order valence-electron chi connectivity index (χ3n) is 4.04. The van der Waals surface area contributed by atoms with Gasteiger partial charge in [-0.05, 0) is 37.0 Å². The SMILES string of the molecule is COc1ccc(F)cc1C(N)c1ncc(C(F)(F)F)n1COCCS(C)(C)C. The number of imidazole rings is 1. The van der Waals surface area contributed by atoms with Crippen LogP contribution in [0.25, 0.3) is 0 Å². The fourth-order valence-corrected chi connectivity index (χ4v) is 3.17. The molecular formula is C18H25F4N3O2S. The Morgan fingerprint density at radius 2 is 1.93 bits per heavy atom. The number of hydrogen-bond donors (Lipinski definition) is 1. The molecule has 0 aliphatic rings. The van der Waals surface area contributed by atoms with Crippen molar-refractivity contribution in [3.8, 4) is 5.75 Å². The van der Waals surface area contributed by atoms with Gasteiger partial charge in [0.05, 0.1) is 26.0 Å². The van der Waals surface area contributed by atoms with E-state index in [0.29, 0.717) is 12.8 Å². The summed E-state index contributed by atoms with van der Waals surface area (Å²) in [6.07, 6.45) is 2.35. The molecule has 2 rings (SSSR count). The van der Waals surface area contributed by atoms with Crippen LogP contribution in [0.3, 0.4) is 0 Å². The van der Waals surface area contributed by atoms with Crippen molar-refractivity contribution in [3.05, 3.63) is 47.3 Å². The summed E-state index contributed by atoms with van der Waals surface area (Å²) in [7, 11) is 0.528. The van der Waals surface area contributed by atoms with E-state index in [4.69, 9.17) is 15.2 Å². The van der Waals surface area contributed by atoms with Gasteiger partial charge in [0.25, 0.3) is 0 Å². The molecule has 2 aromatic rings. The van der Waals surface area contributed by atoms with Crippen LogP contribution in [0.4, 0.5) is 17.6 Å². The van der Waals surface area contributed by atoms with Gasteiger partial charge in [0, 0.05) is 11.3 Å². The highest BCUT2D eigenvalue weighted by atomic mass is 32.3. The minimum absolute atomic E-state index is 0.0840. The second kappa shape index (κ2) is 8.71. The predicted molar refractivity (Wildman–Crippen MR) is 102 cm³/mol. The van der Waals surface area contributed by atoms with Crippen molar-refractivity contribution in [3.63, 3.8) is 0 Å². The van der Waals surface area contributed by atoms with Crippen LogP contribution in [0.15, 0.2) is 24.4 Å². The Morgan fingerprint density at radius 1 is 1.25 bits per heavy atom. The molecule has 2 N–H and O–H groups in total. The number of ether oxygens (including phenoxy) is 2. The van der Waals surface area contributed by atoms with Crippen LogP contribution in [-0.2, 0) is 17.6 Å². The van der Waals surface area contributed by atoms with Gasteiger partial charge in [0.1, 0.15) is 29.8 Å². The number of nitrogens with zero attached hydrogens (tertiary/aromatic N) is 2. The molecular weight excluding hydrogens is 398 g/mol. The number of methoxy groups -OCH3 is 1. The monoisotopic (exact) mass is 423 g/mol. The summed E-state index contributed by atoms with van der Waals surface area (Å²) in [5.41, 5.74) is 5.36. The Bertz CT molecular complexity index is 803. The first-order valence-electron chi connectivity index (χ1n) is 8.39. The molecule has 1 atom stereocenters. The maximum Gasteiger partial charge on any atom is 0.433 e. The van der Waals surface area contributed by atoms with Gasteiger partial charge in [-0.2, -0.15) is 13.2 Å². The number of rotatable bonds is 8. The fraction of sp³-hybridized carbons (Fsp3) is 0.500. The fourth-order valence-electron chi connectivity index (χ4n) is 2.55. The van der Waals surface area contributed by atoms with E-state index in [-0.39, 0.29) is 23.9 Å². The zero-order valence-electron chi connectivity index (χ0n) is 16.2. The van der Waals surface area contributed by atoms with Gasteiger partial charge in [-0.3, -0.25) is 4.57 Å². The summed E-state index contributed by atoms with van der Waals surface area (Å²) in [5.74, 6) is 0.348. The van der Waals surface area contributed by atoms with Gasteiger partial charge in [-0.15, -0.1) is 0 Å². The molecule has 28 heavy (non-hydrogen) atoms. The number of aromatic nitrogens is 2. The minimum Gasteiger partial charge on any atom is -0.496 e. The van der Waals surface area contributed by atoms with Crippen molar-refractivity contribution >= 4 is 10.0 Å². The van der Waals surface area contributed by atoms with Crippen LogP contribution in [0.1, 0.15) is 23.1 Å². The summed E-state index contributed by atoms with van der Waals surface area (Å²) >= 11 is 0. The van der Waals surface area contributed by atoms with Crippen LogP contribution in [0.5, 0.6) is 5.75 Å². The van der Waals surface area contributed by atoms with Gasteiger partial charge in [-0.1, -0.05) is 0 Å². The molecule has 0 radical (unpaired) electrons. The zero-order chi connectivity index (χ0) is 21.1. The van der Waals surface area contributed by atoms with E-state index in [9.17, 15) is 17.6 Å². The molecule has 0 fully saturated rings. The van der Waals surface area contributed by atoms with E-state index >= 15 is 0 Å². The molecule has 1 unspecified atom stereocenters. The number of alkyl halides is 3. The summed E-state index contributed by atoms with van der Waals surface area (Å²) < 4.78 is 65.4. The van der Waals surface area contributed by atoms with E-state index in [1.54, 1.807) is 0 Å². The molecule has 158 valence electrons. The maximum absolute atomic E-state index is 13.7. The minimum atomic E-state index is -4.63. The first kappa shape index (κ1) is 22.5. The Kier molecular flexibility index (Phi) is 7.00. The lowest BCUT2D eigenvalue weighted by Gasteiger charge is -2.25. The van der Waals surface area contributed by atoms with Gasteiger partial charge < -0.3 is 15.2 Å². The summed E-state index contributed by atoms with van der Waals surface area (Å²) in [4.78, 5) is 3.86. The molecule has 0 saturated carbocycles. The molecule has 1 heterocycles. The highest BCUT2D eigenvalue weighted by Gasteiger charge is 2.37. The van der Waals surface area contributed by atoms with Gasteiger partial charge in [0.15, 0.2) is 0 Å². The van der Waals surface area contributed by atoms with Crippen molar-refractivity contribution in [2.45, 2.75) is 18.9 Å². The van der Waals surface area contributed by atoms with E-state index in [0.717, 1.165) is 16.4 Å². The number of nitrogens with two attached hydrogens (primary N) is 1. The maximum atomic E-state index is 13.7. The van der Waals surface area contributed by atoms with E-state index in [1.165, 1.54) is 19.2 Å². The van der Waals surface area contributed by atoms with E-state index < -0.39 is 33.8 Å². The third-order valence-corrected chi connectivity index (χ3v) is 5.43. The smallest absolute Gasteiger partial charge is 0.433 e. The molecule has 10 heteroatoms. The molecule has 1 aromatic heterocycles. The van der Waals surface area contributed by atoms with Crippen LogP contribution < -0.4 is 10.5 Å². The second-order valence-corrected chi connectivity index (χ2v) is 11.7. The Labute approximate surface area is 163 Å². The zero-order valence-corrected chi connectivity index (χ0v) is 17.0. The highest BCUT2D eigenvalue weighted by molar-refractivity contribution is 8.32. The van der Waals surface area contributed by atoms with Crippen LogP contribution in [0.2, 0.25) is 0 Å². The number of benzene rings is 1. The van der Waals surface area contributed by atoms with Crippen molar-refractivity contribution in [1.29, 1.82) is 0 Å². The molecule has 0 aliphatic carbocycles. The van der Waals surface area contributed by atoms with Gasteiger partial charge in [0.2, 0.25) is 0 Å². The number of halogens is 4. The second-order valence-electron chi connectivity index (χ2n) is 7.12. The topological polar surface area (TPSA) is 62.3 Å². The summed E-state index contributed by atoms with van der Waals surface area (Å²) in [6.45, 7) is -0.0443. The predicted octanol–water partition coefficient (Wildman–Crippen LogP) is 3.77. The van der Waals surface area contributed by atoms with Gasteiger partial charge in [-0.25, -0.2) is 19.4 Å². The molecule has 0 bridgehead atoms. The molecule has 1 aromatic carbocycles. The highest BCUT2D eigenvalue weighted by Crippen LogP contribution is 2.35. The Hall–Kier alpha value is -1.78. The normalized spacial score (nSPS) is 14.2. The number of hydrogen-bond acceptors (Lipinski definition) is 4.